The minimum atomic E-state index is 0.796. The summed E-state index contributed by atoms with van der Waals surface area (Å²) in [5.41, 5.74) is 0. The summed E-state index contributed by atoms with van der Waals surface area (Å²) in [6.07, 6.45) is 10.3. The van der Waals surface area contributed by atoms with Crippen molar-refractivity contribution in [3.8, 4) is 0 Å². The summed E-state index contributed by atoms with van der Waals surface area (Å²) in [6, 6.07) is 0.796. The molecule has 0 aromatic carbocycles. The first kappa shape index (κ1) is 13.5. The van der Waals surface area contributed by atoms with Gasteiger partial charge in [0.15, 0.2) is 0 Å². The van der Waals surface area contributed by atoms with Gasteiger partial charge in [0, 0.05) is 12.6 Å². The number of hydrogen-bond acceptors (Lipinski definition) is 3. The van der Waals surface area contributed by atoms with Gasteiger partial charge >= 0.3 is 0 Å². The minimum absolute atomic E-state index is 0.796. The van der Waals surface area contributed by atoms with Crippen molar-refractivity contribution >= 4 is 0 Å². The summed E-state index contributed by atoms with van der Waals surface area (Å²) in [5, 5.41) is 4.18. The van der Waals surface area contributed by atoms with Crippen molar-refractivity contribution < 1.29 is 0 Å². The molecule has 1 unspecified atom stereocenters. The van der Waals surface area contributed by atoms with Crippen LogP contribution in [0.4, 0.5) is 0 Å². The lowest BCUT2D eigenvalue weighted by Crippen LogP contribution is -2.41. The Hall–Kier alpha value is -0.900. The van der Waals surface area contributed by atoms with Crippen molar-refractivity contribution in [3.05, 3.63) is 12.7 Å². The molecule has 2 rings (SSSR count). The summed E-state index contributed by atoms with van der Waals surface area (Å²) >= 11 is 0. The number of nitrogens with zero attached hydrogens (tertiary/aromatic N) is 4. The van der Waals surface area contributed by atoms with E-state index < -0.39 is 0 Å². The number of rotatable bonds is 6. The number of aromatic nitrogens is 3. The van der Waals surface area contributed by atoms with Crippen molar-refractivity contribution in [1.29, 1.82) is 0 Å². The number of likely N-dealkylation sites (tertiary alicyclic amines) is 1. The summed E-state index contributed by atoms with van der Waals surface area (Å²) in [7, 11) is 0. The second kappa shape index (κ2) is 6.88. The maximum Gasteiger partial charge on any atom is 0.137 e. The van der Waals surface area contributed by atoms with Gasteiger partial charge in [-0.2, -0.15) is 5.10 Å². The molecule has 1 atom stereocenters. The molecule has 0 radical (unpaired) electrons. The van der Waals surface area contributed by atoms with Gasteiger partial charge in [0.05, 0.1) is 6.54 Å². The van der Waals surface area contributed by atoms with Crippen molar-refractivity contribution in [1.82, 2.24) is 19.7 Å². The zero-order chi connectivity index (χ0) is 12.8. The van der Waals surface area contributed by atoms with Crippen molar-refractivity contribution in [3.63, 3.8) is 0 Å². The van der Waals surface area contributed by atoms with E-state index in [1.54, 1.807) is 6.33 Å². The van der Waals surface area contributed by atoms with Crippen LogP contribution in [-0.4, -0.2) is 38.8 Å². The second-order valence-corrected chi connectivity index (χ2v) is 5.82. The smallest absolute Gasteiger partial charge is 0.137 e. The zero-order valence-electron chi connectivity index (χ0n) is 11.8. The first-order chi connectivity index (χ1) is 8.75. The molecular formula is C14H26N4. The van der Waals surface area contributed by atoms with Gasteiger partial charge in [-0.15, -0.1) is 0 Å². The molecule has 1 aromatic heterocycles. The minimum Gasteiger partial charge on any atom is -0.299 e. The normalized spacial score (nSPS) is 21.6. The molecule has 4 heteroatoms. The summed E-state index contributed by atoms with van der Waals surface area (Å²) < 4.78 is 1.94. The Balaban J connectivity index is 1.79. The summed E-state index contributed by atoms with van der Waals surface area (Å²) in [5.74, 6) is 0.823. The Labute approximate surface area is 110 Å². The quantitative estimate of drug-likeness (QED) is 0.778. The highest BCUT2D eigenvalue weighted by Gasteiger charge is 2.21. The van der Waals surface area contributed by atoms with E-state index in [1.165, 1.54) is 38.6 Å². The first-order valence-corrected chi connectivity index (χ1v) is 7.32. The molecule has 18 heavy (non-hydrogen) atoms. The lowest BCUT2D eigenvalue weighted by molar-refractivity contribution is 0.128. The molecule has 102 valence electrons. The monoisotopic (exact) mass is 250 g/mol. The fourth-order valence-corrected chi connectivity index (χ4v) is 2.79. The van der Waals surface area contributed by atoms with Crippen LogP contribution in [0.25, 0.3) is 0 Å². The van der Waals surface area contributed by atoms with Crippen LogP contribution in [0.5, 0.6) is 0 Å². The molecule has 0 N–H and O–H groups in total. The molecule has 0 saturated carbocycles. The molecule has 1 fully saturated rings. The van der Waals surface area contributed by atoms with Gasteiger partial charge in [0.1, 0.15) is 12.7 Å². The SMILES string of the molecule is CC(C)CCC1CCCCN1CCn1cncn1. The Morgan fingerprint density at radius 1 is 1.28 bits per heavy atom. The lowest BCUT2D eigenvalue weighted by Gasteiger charge is -2.36. The highest BCUT2D eigenvalue weighted by molar-refractivity contribution is 4.77. The molecule has 0 aliphatic carbocycles. The van der Waals surface area contributed by atoms with E-state index in [4.69, 9.17) is 0 Å². The van der Waals surface area contributed by atoms with Crippen LogP contribution < -0.4 is 0 Å². The van der Waals surface area contributed by atoms with Crippen LogP contribution in [0, 0.1) is 5.92 Å². The van der Waals surface area contributed by atoms with E-state index >= 15 is 0 Å². The van der Waals surface area contributed by atoms with Gasteiger partial charge in [-0.25, -0.2) is 4.98 Å². The fourth-order valence-electron chi connectivity index (χ4n) is 2.79. The third-order valence-corrected chi connectivity index (χ3v) is 3.91. The molecule has 1 saturated heterocycles. The maximum atomic E-state index is 4.18. The van der Waals surface area contributed by atoms with E-state index in [-0.39, 0.29) is 0 Å². The molecule has 1 aromatic rings. The van der Waals surface area contributed by atoms with E-state index in [0.717, 1.165) is 25.0 Å². The maximum absolute atomic E-state index is 4.18. The zero-order valence-corrected chi connectivity index (χ0v) is 11.8. The van der Waals surface area contributed by atoms with E-state index in [0.29, 0.717) is 0 Å². The van der Waals surface area contributed by atoms with E-state index in [2.05, 4.69) is 28.8 Å². The average molecular weight is 250 g/mol. The van der Waals surface area contributed by atoms with Crippen molar-refractivity contribution in [2.24, 2.45) is 5.92 Å². The van der Waals surface area contributed by atoms with Crippen molar-refractivity contribution in [2.75, 3.05) is 13.1 Å². The Morgan fingerprint density at radius 2 is 2.17 bits per heavy atom. The summed E-state index contributed by atoms with van der Waals surface area (Å²) in [4.78, 5) is 6.66. The standard InChI is InChI=1S/C14H26N4/c1-13(2)6-7-14-5-3-4-8-17(14)9-10-18-12-15-11-16-18/h11-14H,3-10H2,1-2H3. The van der Waals surface area contributed by atoms with Crippen LogP contribution in [0.3, 0.4) is 0 Å². The Kier molecular flexibility index (Phi) is 5.17. The molecule has 1 aliphatic heterocycles. The topological polar surface area (TPSA) is 34.0 Å². The highest BCUT2D eigenvalue weighted by Crippen LogP contribution is 2.22. The molecule has 0 spiro atoms. The largest absolute Gasteiger partial charge is 0.299 e. The van der Waals surface area contributed by atoms with Crippen molar-refractivity contribution in [2.45, 2.75) is 58.5 Å². The molecule has 4 nitrogen and oxygen atoms in total. The van der Waals surface area contributed by atoms with E-state index in [9.17, 15) is 0 Å². The third-order valence-electron chi connectivity index (χ3n) is 3.91. The molecular weight excluding hydrogens is 224 g/mol. The second-order valence-electron chi connectivity index (χ2n) is 5.82. The number of piperidine rings is 1. The summed E-state index contributed by atoms with van der Waals surface area (Å²) in [6.45, 7) is 7.99. The fraction of sp³-hybridized carbons (Fsp3) is 0.857. The highest BCUT2D eigenvalue weighted by atomic mass is 15.3. The van der Waals surface area contributed by atoms with Crippen LogP contribution in [0.2, 0.25) is 0 Å². The Bertz CT molecular complexity index is 321. The average Bonchev–Trinajstić information content (AvgIpc) is 2.88. The predicted octanol–water partition coefficient (Wildman–Crippen LogP) is 2.57. The van der Waals surface area contributed by atoms with Crippen LogP contribution in [-0.2, 0) is 6.54 Å². The molecule has 1 aliphatic rings. The van der Waals surface area contributed by atoms with Gasteiger partial charge in [0.25, 0.3) is 0 Å². The van der Waals surface area contributed by atoms with Gasteiger partial charge in [0.2, 0.25) is 0 Å². The predicted molar refractivity (Wildman–Crippen MR) is 73.3 cm³/mol. The van der Waals surface area contributed by atoms with Crippen LogP contribution in [0.1, 0.15) is 46.0 Å². The van der Waals surface area contributed by atoms with Crippen LogP contribution in [0.15, 0.2) is 12.7 Å². The van der Waals surface area contributed by atoms with Gasteiger partial charge in [-0.1, -0.05) is 20.3 Å². The van der Waals surface area contributed by atoms with Gasteiger partial charge in [-0.3, -0.25) is 9.58 Å². The molecule has 2 heterocycles. The van der Waals surface area contributed by atoms with E-state index in [1.807, 2.05) is 11.0 Å². The lowest BCUT2D eigenvalue weighted by atomic mass is 9.95. The first-order valence-electron chi connectivity index (χ1n) is 7.32. The van der Waals surface area contributed by atoms with Gasteiger partial charge in [-0.05, 0) is 38.1 Å². The molecule has 0 amide bonds. The molecule has 0 bridgehead atoms. The van der Waals surface area contributed by atoms with Crippen LogP contribution >= 0.6 is 0 Å². The number of hydrogen-bond donors (Lipinski definition) is 0. The third kappa shape index (κ3) is 4.09. The Morgan fingerprint density at radius 3 is 2.89 bits per heavy atom. The van der Waals surface area contributed by atoms with Gasteiger partial charge < -0.3 is 0 Å².